The third-order valence-corrected chi connectivity index (χ3v) is 4.09. The molecular formula is C21H22ClF8NO2. The number of rotatable bonds is 2. The summed E-state index contributed by atoms with van der Waals surface area (Å²) in [6.45, 7) is 8.88. The molecule has 3 nitrogen and oxygen atoms in total. The Kier molecular flexibility index (Phi) is 11.1. The Hall–Kier alpha value is -2.56. The average molecular weight is 508 g/mol. The van der Waals surface area contributed by atoms with Crippen molar-refractivity contribution in [2.24, 2.45) is 0 Å². The number of aryl methyl sites for hydroxylation is 1. The Bertz CT molecular complexity index is 959. The molecular weight excluding hydrogens is 486 g/mol. The summed E-state index contributed by atoms with van der Waals surface area (Å²) in [6.07, 6.45) is -11.9. The van der Waals surface area contributed by atoms with E-state index in [1.165, 1.54) is 0 Å². The molecule has 186 valence electrons. The van der Waals surface area contributed by atoms with Crippen LogP contribution in [-0.2, 0) is 12.4 Å². The second kappa shape index (κ2) is 12.1. The second-order valence-corrected chi connectivity index (χ2v) is 6.16. The largest absolute Gasteiger partial charge is 0.420 e. The van der Waals surface area contributed by atoms with Crippen LogP contribution in [0.5, 0.6) is 5.75 Å². The maximum absolute atomic E-state index is 14.0. The number of hydrogen-bond acceptors (Lipinski definition) is 2. The molecule has 0 atom stereocenters. The quantitative estimate of drug-likeness (QED) is 0.301. The third kappa shape index (κ3) is 7.48. The molecule has 0 heterocycles. The van der Waals surface area contributed by atoms with Gasteiger partial charge >= 0.3 is 18.4 Å². The first kappa shape index (κ1) is 30.4. The molecule has 0 aliphatic carbocycles. The summed E-state index contributed by atoms with van der Waals surface area (Å²) in [5.41, 5.74) is -4.69. The average Bonchev–Trinajstić information content (AvgIpc) is 2.74. The van der Waals surface area contributed by atoms with Gasteiger partial charge in [-0.3, -0.25) is 4.90 Å². The summed E-state index contributed by atoms with van der Waals surface area (Å²) in [5, 5.41) is -0.969. The Morgan fingerprint density at radius 2 is 1.45 bits per heavy atom. The highest BCUT2D eigenvalue weighted by atomic mass is 35.5. The van der Waals surface area contributed by atoms with Gasteiger partial charge in [0.2, 0.25) is 0 Å². The second-order valence-electron chi connectivity index (χ2n) is 5.79. The Morgan fingerprint density at radius 1 is 0.939 bits per heavy atom. The van der Waals surface area contributed by atoms with Gasteiger partial charge in [-0.2, -0.15) is 26.3 Å². The molecule has 0 saturated carbocycles. The molecule has 1 amide bonds. The van der Waals surface area contributed by atoms with Crippen molar-refractivity contribution < 1.29 is 44.7 Å². The van der Waals surface area contributed by atoms with Gasteiger partial charge in [0.1, 0.15) is 16.6 Å². The van der Waals surface area contributed by atoms with Gasteiger partial charge in [-0.05, 0) is 36.8 Å². The number of halogens is 9. The van der Waals surface area contributed by atoms with Crippen LogP contribution in [-0.4, -0.2) is 13.1 Å². The van der Waals surface area contributed by atoms with E-state index in [1.807, 2.05) is 27.7 Å². The molecule has 0 radical (unpaired) electrons. The molecule has 12 heteroatoms. The molecule has 2 rings (SSSR count). The van der Waals surface area contributed by atoms with Crippen LogP contribution in [0.4, 0.5) is 45.6 Å². The predicted octanol–water partition coefficient (Wildman–Crippen LogP) is 8.65. The lowest BCUT2D eigenvalue weighted by molar-refractivity contribution is -0.143. The minimum absolute atomic E-state index is 0.203. The normalized spacial score (nSPS) is 11.0. The molecule has 2 aromatic carbocycles. The summed E-state index contributed by atoms with van der Waals surface area (Å²) < 4.78 is 110. The molecule has 2 aromatic rings. The summed E-state index contributed by atoms with van der Waals surface area (Å²) in [4.78, 5) is 12.6. The summed E-state index contributed by atoms with van der Waals surface area (Å²) in [5.74, 6) is -3.71. The standard InChI is InChI=1S/C17H10ClF8NO2.2C2H6/c1-7-5-8(16(21,22)23)6-9(17(24,25)26)14(7)29-15(28)27(2)11-4-3-10(19)12(18)13(11)20;2*1-2/h3-6H,1-2H3;2*1-2H3. The highest BCUT2D eigenvalue weighted by molar-refractivity contribution is 6.31. The van der Waals surface area contributed by atoms with Crippen molar-refractivity contribution in [3.05, 3.63) is 57.6 Å². The van der Waals surface area contributed by atoms with Crippen LogP contribution >= 0.6 is 11.6 Å². The molecule has 0 unspecified atom stereocenters. The lowest BCUT2D eigenvalue weighted by atomic mass is 10.0. The van der Waals surface area contributed by atoms with Crippen molar-refractivity contribution in [3.8, 4) is 5.75 Å². The number of benzene rings is 2. The SMILES string of the molecule is CC.CC.Cc1cc(C(F)(F)F)cc(C(F)(F)F)c1OC(=O)N(C)c1ccc(F)c(Cl)c1F. The van der Waals surface area contributed by atoms with E-state index in [9.17, 15) is 39.9 Å². The molecule has 0 fully saturated rings. The van der Waals surface area contributed by atoms with Gasteiger partial charge in [-0.1, -0.05) is 39.3 Å². The zero-order valence-corrected chi connectivity index (χ0v) is 19.2. The smallest absolute Gasteiger partial charge is 0.409 e. The molecule has 0 spiro atoms. The number of carbonyl (C=O) groups is 1. The first-order chi connectivity index (χ1) is 15.1. The number of ether oxygens (including phenoxy) is 1. The summed E-state index contributed by atoms with van der Waals surface area (Å²) in [6, 6.07) is 1.65. The first-order valence-corrected chi connectivity index (χ1v) is 9.90. The van der Waals surface area contributed by atoms with E-state index >= 15 is 0 Å². The van der Waals surface area contributed by atoms with Crippen molar-refractivity contribution in [3.63, 3.8) is 0 Å². The van der Waals surface area contributed by atoms with Crippen LogP contribution in [0.1, 0.15) is 44.4 Å². The van der Waals surface area contributed by atoms with E-state index in [2.05, 4.69) is 4.74 Å². The fourth-order valence-electron chi connectivity index (χ4n) is 2.31. The number of carbonyl (C=O) groups excluding carboxylic acids is 1. The highest BCUT2D eigenvalue weighted by Crippen LogP contribution is 2.42. The molecule has 0 saturated heterocycles. The lowest BCUT2D eigenvalue weighted by Gasteiger charge is -2.22. The molecule has 0 bridgehead atoms. The first-order valence-electron chi connectivity index (χ1n) is 9.52. The van der Waals surface area contributed by atoms with Crippen molar-refractivity contribution in [2.45, 2.75) is 47.0 Å². The molecule has 0 aliphatic rings. The molecule has 33 heavy (non-hydrogen) atoms. The van der Waals surface area contributed by atoms with Crippen LogP contribution in [0.3, 0.4) is 0 Å². The summed E-state index contributed by atoms with van der Waals surface area (Å²) >= 11 is 5.38. The zero-order chi connectivity index (χ0) is 26.3. The minimum atomic E-state index is -5.29. The van der Waals surface area contributed by atoms with Gasteiger partial charge in [0.15, 0.2) is 5.82 Å². The van der Waals surface area contributed by atoms with E-state index in [1.54, 1.807) is 0 Å². The summed E-state index contributed by atoms with van der Waals surface area (Å²) in [7, 11) is 0.891. The van der Waals surface area contributed by atoms with Crippen LogP contribution < -0.4 is 9.64 Å². The number of amides is 1. The maximum Gasteiger partial charge on any atom is 0.420 e. The molecule has 0 aliphatic heterocycles. The fraction of sp³-hybridized carbons (Fsp3) is 0.381. The van der Waals surface area contributed by atoms with E-state index < -0.39 is 63.2 Å². The van der Waals surface area contributed by atoms with E-state index in [0.717, 1.165) is 20.0 Å². The van der Waals surface area contributed by atoms with Crippen molar-refractivity contribution in [1.29, 1.82) is 0 Å². The van der Waals surface area contributed by atoms with Crippen molar-refractivity contribution in [1.82, 2.24) is 0 Å². The Balaban J connectivity index is 0.00000242. The van der Waals surface area contributed by atoms with Crippen molar-refractivity contribution in [2.75, 3.05) is 11.9 Å². The van der Waals surface area contributed by atoms with E-state index in [0.29, 0.717) is 17.0 Å². The maximum atomic E-state index is 14.0. The minimum Gasteiger partial charge on any atom is -0.409 e. The predicted molar refractivity (Wildman–Crippen MR) is 110 cm³/mol. The van der Waals surface area contributed by atoms with Crippen LogP contribution in [0.2, 0.25) is 5.02 Å². The highest BCUT2D eigenvalue weighted by Gasteiger charge is 2.40. The Morgan fingerprint density at radius 3 is 1.91 bits per heavy atom. The van der Waals surface area contributed by atoms with E-state index in [4.69, 9.17) is 11.6 Å². The number of anilines is 1. The van der Waals surface area contributed by atoms with Gasteiger partial charge in [0.05, 0.1) is 16.8 Å². The monoisotopic (exact) mass is 507 g/mol. The fourth-order valence-corrected chi connectivity index (χ4v) is 2.47. The van der Waals surface area contributed by atoms with Crippen molar-refractivity contribution >= 4 is 23.4 Å². The number of alkyl halides is 6. The topological polar surface area (TPSA) is 29.5 Å². The Labute approximate surface area is 190 Å². The van der Waals surface area contributed by atoms with Gasteiger partial charge in [0, 0.05) is 7.05 Å². The third-order valence-electron chi connectivity index (χ3n) is 3.75. The zero-order valence-electron chi connectivity index (χ0n) is 18.5. The van der Waals surface area contributed by atoms with Crippen LogP contribution in [0.15, 0.2) is 24.3 Å². The van der Waals surface area contributed by atoms with Gasteiger partial charge in [0.25, 0.3) is 0 Å². The number of nitrogens with zero attached hydrogens (tertiary/aromatic N) is 1. The van der Waals surface area contributed by atoms with Gasteiger partial charge < -0.3 is 4.74 Å². The van der Waals surface area contributed by atoms with Gasteiger partial charge in [-0.25, -0.2) is 13.6 Å². The lowest BCUT2D eigenvalue weighted by Crippen LogP contribution is -2.31. The molecule has 0 N–H and O–H groups in total. The van der Waals surface area contributed by atoms with E-state index in [-0.39, 0.29) is 6.07 Å². The van der Waals surface area contributed by atoms with Crippen LogP contribution in [0, 0.1) is 18.6 Å². The van der Waals surface area contributed by atoms with Gasteiger partial charge in [-0.15, -0.1) is 0 Å². The molecule has 0 aromatic heterocycles. The van der Waals surface area contributed by atoms with Crippen LogP contribution in [0.25, 0.3) is 0 Å². The number of hydrogen-bond donors (Lipinski definition) is 0.